The Morgan fingerprint density at radius 1 is 1.09 bits per heavy atom. The summed E-state index contributed by atoms with van der Waals surface area (Å²) in [6.45, 7) is 13.2. The second-order valence-corrected chi connectivity index (χ2v) is 10.2. The van der Waals surface area contributed by atoms with Gasteiger partial charge in [0, 0.05) is 23.9 Å². The minimum Gasteiger partial charge on any atom is -0.497 e. The van der Waals surface area contributed by atoms with Crippen LogP contribution >= 0.6 is 0 Å². The van der Waals surface area contributed by atoms with Crippen LogP contribution in [-0.2, 0) is 15.0 Å². The van der Waals surface area contributed by atoms with E-state index in [1.807, 2.05) is 30.3 Å². The maximum absolute atomic E-state index is 13.3. The zero-order chi connectivity index (χ0) is 26.0. The van der Waals surface area contributed by atoms with Gasteiger partial charge in [-0.2, -0.15) is 5.10 Å². The number of rotatable bonds is 13. The molecule has 1 N–H and O–H groups in total. The van der Waals surface area contributed by atoms with Crippen LogP contribution in [0.25, 0.3) is 5.69 Å². The first-order valence-corrected chi connectivity index (χ1v) is 13.0. The van der Waals surface area contributed by atoms with Crippen molar-refractivity contribution in [2.45, 2.75) is 85.5 Å². The van der Waals surface area contributed by atoms with E-state index in [-0.39, 0.29) is 29.7 Å². The summed E-state index contributed by atoms with van der Waals surface area (Å²) in [6, 6.07) is 9.46. The fourth-order valence-electron chi connectivity index (χ4n) is 3.94. The molecule has 194 valence electrons. The summed E-state index contributed by atoms with van der Waals surface area (Å²) in [5.41, 5.74) is 1.50. The lowest BCUT2D eigenvalue weighted by Crippen LogP contribution is -2.42. The topological polar surface area (TPSA) is 76.5 Å². The molecular formula is C28H44N4O3. The predicted molar refractivity (Wildman–Crippen MR) is 142 cm³/mol. The lowest BCUT2D eigenvalue weighted by Gasteiger charge is -2.26. The number of ether oxygens (including phenoxy) is 1. The molecule has 1 unspecified atom stereocenters. The van der Waals surface area contributed by atoms with Crippen molar-refractivity contribution in [2.75, 3.05) is 25.5 Å². The van der Waals surface area contributed by atoms with E-state index >= 15 is 0 Å². The molecule has 35 heavy (non-hydrogen) atoms. The summed E-state index contributed by atoms with van der Waals surface area (Å²) >= 11 is 0. The molecule has 0 spiro atoms. The van der Waals surface area contributed by atoms with E-state index in [0.29, 0.717) is 12.4 Å². The fraction of sp³-hybridized carbons (Fsp3) is 0.607. The number of nitrogens with one attached hydrogen (secondary N) is 1. The van der Waals surface area contributed by atoms with Gasteiger partial charge in [0.15, 0.2) is 0 Å². The first kappa shape index (κ1) is 28.4. The normalized spacial score (nSPS) is 12.3. The Kier molecular flexibility index (Phi) is 10.8. The zero-order valence-electron chi connectivity index (χ0n) is 22.7. The van der Waals surface area contributed by atoms with Gasteiger partial charge in [-0.15, -0.1) is 0 Å². The van der Waals surface area contributed by atoms with Crippen LogP contribution in [0.1, 0.15) is 85.8 Å². The molecule has 0 aliphatic carbocycles. The molecule has 0 radical (unpaired) electrons. The lowest BCUT2D eigenvalue weighted by atomic mass is 9.92. The van der Waals surface area contributed by atoms with Gasteiger partial charge in [0.1, 0.15) is 11.6 Å². The van der Waals surface area contributed by atoms with Crippen LogP contribution in [0.4, 0.5) is 5.82 Å². The van der Waals surface area contributed by atoms with Gasteiger partial charge in [-0.25, -0.2) is 4.68 Å². The van der Waals surface area contributed by atoms with Gasteiger partial charge in [0.2, 0.25) is 11.8 Å². The van der Waals surface area contributed by atoms with Crippen molar-refractivity contribution in [3.05, 3.63) is 36.0 Å². The molecule has 1 aromatic heterocycles. The third-order valence-corrected chi connectivity index (χ3v) is 6.24. The minimum absolute atomic E-state index is 0.0306. The number of hydrogen-bond donors (Lipinski definition) is 1. The van der Waals surface area contributed by atoms with Gasteiger partial charge in [0.25, 0.3) is 0 Å². The van der Waals surface area contributed by atoms with Crippen LogP contribution in [0.2, 0.25) is 0 Å². The van der Waals surface area contributed by atoms with Crippen LogP contribution in [0.15, 0.2) is 30.3 Å². The number of methoxy groups -OCH3 is 1. The van der Waals surface area contributed by atoms with E-state index in [0.717, 1.165) is 55.7 Å². The maximum atomic E-state index is 13.3. The quantitative estimate of drug-likeness (QED) is 0.380. The van der Waals surface area contributed by atoms with Gasteiger partial charge < -0.3 is 15.0 Å². The van der Waals surface area contributed by atoms with E-state index in [1.165, 1.54) is 0 Å². The molecule has 1 atom stereocenters. The van der Waals surface area contributed by atoms with E-state index in [9.17, 15) is 9.59 Å². The highest BCUT2D eigenvalue weighted by Gasteiger charge is 2.26. The van der Waals surface area contributed by atoms with Crippen molar-refractivity contribution < 1.29 is 14.3 Å². The number of carbonyl (C=O) groups excluding carboxylic acids is 2. The van der Waals surface area contributed by atoms with Gasteiger partial charge in [0.05, 0.1) is 25.0 Å². The largest absolute Gasteiger partial charge is 0.497 e. The fourth-order valence-corrected chi connectivity index (χ4v) is 3.94. The summed E-state index contributed by atoms with van der Waals surface area (Å²) in [5.74, 6) is 1.18. The molecule has 0 aliphatic rings. The SMILES string of the molecule is CCCCC(CC)C(=O)N(CCCC)CC(=O)Nc1cc(C(C)(C)C)nn1-c1ccc(OC)cc1. The molecule has 2 amide bonds. The Balaban J connectivity index is 2.27. The van der Waals surface area contributed by atoms with E-state index in [4.69, 9.17) is 9.84 Å². The highest BCUT2D eigenvalue weighted by molar-refractivity contribution is 5.94. The first-order chi connectivity index (χ1) is 16.6. The van der Waals surface area contributed by atoms with Crippen molar-refractivity contribution >= 4 is 17.6 Å². The monoisotopic (exact) mass is 484 g/mol. The number of aromatic nitrogens is 2. The number of benzene rings is 1. The number of unbranched alkanes of at least 4 members (excludes halogenated alkanes) is 2. The zero-order valence-corrected chi connectivity index (χ0v) is 22.7. The average molecular weight is 485 g/mol. The van der Waals surface area contributed by atoms with Crippen molar-refractivity contribution in [2.24, 2.45) is 5.92 Å². The molecule has 1 aromatic carbocycles. The molecule has 0 fully saturated rings. The molecule has 7 heteroatoms. The van der Waals surface area contributed by atoms with Crippen molar-refractivity contribution in [3.8, 4) is 11.4 Å². The summed E-state index contributed by atoms with van der Waals surface area (Å²) in [6.07, 6.45) is 5.59. The van der Waals surface area contributed by atoms with Crippen LogP contribution in [-0.4, -0.2) is 46.7 Å². The Hall–Kier alpha value is -2.83. The van der Waals surface area contributed by atoms with Crippen LogP contribution in [0, 0.1) is 5.92 Å². The molecule has 1 heterocycles. The molecule has 7 nitrogen and oxygen atoms in total. The predicted octanol–water partition coefficient (Wildman–Crippen LogP) is 5.96. The molecule has 2 aromatic rings. The molecule has 0 aliphatic heterocycles. The number of carbonyl (C=O) groups is 2. The van der Waals surface area contributed by atoms with E-state index in [2.05, 4.69) is 46.9 Å². The Morgan fingerprint density at radius 3 is 2.29 bits per heavy atom. The summed E-state index contributed by atoms with van der Waals surface area (Å²) < 4.78 is 7.02. The second-order valence-electron chi connectivity index (χ2n) is 10.2. The molecular weight excluding hydrogens is 440 g/mol. The average Bonchev–Trinajstić information content (AvgIpc) is 3.26. The molecule has 2 rings (SSSR count). The van der Waals surface area contributed by atoms with Crippen molar-refractivity contribution in [3.63, 3.8) is 0 Å². The minimum atomic E-state index is -0.213. The maximum Gasteiger partial charge on any atom is 0.245 e. The lowest BCUT2D eigenvalue weighted by molar-refractivity contribution is -0.138. The Labute approximate surface area is 211 Å². The Morgan fingerprint density at radius 2 is 1.74 bits per heavy atom. The van der Waals surface area contributed by atoms with Crippen molar-refractivity contribution in [1.82, 2.24) is 14.7 Å². The van der Waals surface area contributed by atoms with Gasteiger partial charge in [-0.3, -0.25) is 9.59 Å². The van der Waals surface area contributed by atoms with Crippen LogP contribution in [0.3, 0.4) is 0 Å². The van der Waals surface area contributed by atoms with Gasteiger partial charge in [-0.05, 0) is 43.5 Å². The number of anilines is 1. The smallest absolute Gasteiger partial charge is 0.245 e. The number of nitrogens with zero attached hydrogens (tertiary/aromatic N) is 3. The molecule has 0 saturated carbocycles. The van der Waals surface area contributed by atoms with Gasteiger partial charge in [-0.1, -0.05) is 60.8 Å². The first-order valence-electron chi connectivity index (χ1n) is 13.0. The third kappa shape index (κ3) is 8.11. The molecule has 0 saturated heterocycles. The van der Waals surface area contributed by atoms with E-state index < -0.39 is 0 Å². The Bertz CT molecular complexity index is 944. The summed E-state index contributed by atoms with van der Waals surface area (Å²) in [4.78, 5) is 28.2. The second kappa shape index (κ2) is 13.3. The number of hydrogen-bond acceptors (Lipinski definition) is 4. The summed E-state index contributed by atoms with van der Waals surface area (Å²) in [7, 11) is 1.63. The third-order valence-electron chi connectivity index (χ3n) is 6.24. The standard InChI is InChI=1S/C28H44N4O3/c1-8-11-13-21(10-3)27(34)31(18-12-9-2)20-26(33)29-25-19-24(28(4,5)6)30-32(25)22-14-16-23(35-7)17-15-22/h14-17,19,21H,8-13,18,20H2,1-7H3,(H,29,33). The highest BCUT2D eigenvalue weighted by Crippen LogP contribution is 2.27. The van der Waals surface area contributed by atoms with E-state index in [1.54, 1.807) is 16.7 Å². The highest BCUT2D eigenvalue weighted by atomic mass is 16.5. The van der Waals surface area contributed by atoms with Crippen molar-refractivity contribution in [1.29, 1.82) is 0 Å². The van der Waals surface area contributed by atoms with Crippen LogP contribution in [0.5, 0.6) is 5.75 Å². The molecule has 0 bridgehead atoms. The summed E-state index contributed by atoms with van der Waals surface area (Å²) in [5, 5.41) is 7.81. The number of amides is 2. The van der Waals surface area contributed by atoms with Crippen LogP contribution < -0.4 is 10.1 Å². The van der Waals surface area contributed by atoms with Gasteiger partial charge >= 0.3 is 0 Å².